The maximum absolute atomic E-state index is 9.84. The summed E-state index contributed by atoms with van der Waals surface area (Å²) < 4.78 is 5.15. The van der Waals surface area contributed by atoms with Crippen LogP contribution in [0.2, 0.25) is 0 Å². The molecule has 2 unspecified atom stereocenters. The average Bonchev–Trinajstić information content (AvgIpc) is 2.37. The van der Waals surface area contributed by atoms with Crippen LogP contribution in [0.5, 0.6) is 11.5 Å². The van der Waals surface area contributed by atoms with Gasteiger partial charge in [-0.1, -0.05) is 11.6 Å². The lowest BCUT2D eigenvalue weighted by Gasteiger charge is -2.28. The van der Waals surface area contributed by atoms with E-state index in [0.29, 0.717) is 5.75 Å². The summed E-state index contributed by atoms with van der Waals surface area (Å²) in [6.07, 6.45) is 4.88. The number of hydrogen-bond donors (Lipinski definition) is 3. The SMILES string of the molecule is COc1ccc(O)c(C=C2CCCC(N)C2N)c1. The van der Waals surface area contributed by atoms with E-state index in [4.69, 9.17) is 16.2 Å². The number of rotatable bonds is 2. The third kappa shape index (κ3) is 2.66. The van der Waals surface area contributed by atoms with Crippen LogP contribution in [0, 0.1) is 0 Å². The molecule has 0 aliphatic heterocycles. The third-order valence-electron chi connectivity index (χ3n) is 3.47. The smallest absolute Gasteiger partial charge is 0.123 e. The summed E-state index contributed by atoms with van der Waals surface area (Å²) in [5.74, 6) is 0.947. The van der Waals surface area contributed by atoms with Crippen LogP contribution < -0.4 is 16.2 Å². The largest absolute Gasteiger partial charge is 0.507 e. The molecule has 5 N–H and O–H groups in total. The zero-order chi connectivity index (χ0) is 13.1. The van der Waals surface area contributed by atoms with Crippen LogP contribution in [0.4, 0.5) is 0 Å². The Labute approximate surface area is 107 Å². The lowest BCUT2D eigenvalue weighted by molar-refractivity contribution is 0.412. The third-order valence-corrected chi connectivity index (χ3v) is 3.47. The summed E-state index contributed by atoms with van der Waals surface area (Å²) in [5, 5.41) is 9.84. The van der Waals surface area contributed by atoms with Gasteiger partial charge in [0.05, 0.1) is 7.11 Å². The quantitative estimate of drug-likeness (QED) is 0.743. The Balaban J connectivity index is 2.31. The number of hydrogen-bond acceptors (Lipinski definition) is 4. The Bertz CT molecular complexity index is 457. The Morgan fingerprint density at radius 2 is 2.17 bits per heavy atom. The first-order chi connectivity index (χ1) is 8.61. The predicted octanol–water partition coefficient (Wildman–Crippen LogP) is 1.62. The number of methoxy groups -OCH3 is 1. The number of nitrogens with two attached hydrogens (primary N) is 2. The van der Waals surface area contributed by atoms with Gasteiger partial charge in [0.2, 0.25) is 0 Å². The zero-order valence-electron chi connectivity index (χ0n) is 10.6. The van der Waals surface area contributed by atoms with Gasteiger partial charge >= 0.3 is 0 Å². The van der Waals surface area contributed by atoms with Crippen LogP contribution in [0.25, 0.3) is 6.08 Å². The van der Waals surface area contributed by atoms with Crippen molar-refractivity contribution in [1.82, 2.24) is 0 Å². The maximum atomic E-state index is 9.84. The van der Waals surface area contributed by atoms with Gasteiger partial charge < -0.3 is 21.3 Å². The monoisotopic (exact) mass is 248 g/mol. The molecular formula is C14H20N2O2. The average molecular weight is 248 g/mol. The van der Waals surface area contributed by atoms with E-state index < -0.39 is 0 Å². The second-order valence-corrected chi connectivity index (χ2v) is 4.73. The lowest BCUT2D eigenvalue weighted by Crippen LogP contribution is -2.45. The predicted molar refractivity (Wildman–Crippen MR) is 72.4 cm³/mol. The normalized spacial score (nSPS) is 26.3. The number of phenols is 1. The second kappa shape index (κ2) is 5.42. The first kappa shape index (κ1) is 12.9. The fourth-order valence-electron chi connectivity index (χ4n) is 2.31. The summed E-state index contributed by atoms with van der Waals surface area (Å²) in [5.41, 5.74) is 13.9. The Morgan fingerprint density at radius 3 is 2.89 bits per heavy atom. The highest BCUT2D eigenvalue weighted by atomic mass is 16.5. The van der Waals surface area contributed by atoms with Crippen molar-refractivity contribution in [2.24, 2.45) is 11.5 Å². The van der Waals surface area contributed by atoms with E-state index in [1.807, 2.05) is 6.08 Å². The first-order valence-electron chi connectivity index (χ1n) is 6.20. The van der Waals surface area contributed by atoms with Crippen molar-refractivity contribution >= 4 is 6.08 Å². The van der Waals surface area contributed by atoms with Crippen molar-refractivity contribution in [3.63, 3.8) is 0 Å². The van der Waals surface area contributed by atoms with Gasteiger partial charge in [0, 0.05) is 17.6 Å². The molecule has 0 radical (unpaired) electrons. The summed E-state index contributed by atoms with van der Waals surface area (Å²) >= 11 is 0. The zero-order valence-corrected chi connectivity index (χ0v) is 10.6. The number of aromatic hydroxyl groups is 1. The van der Waals surface area contributed by atoms with Crippen molar-refractivity contribution in [3.05, 3.63) is 29.3 Å². The van der Waals surface area contributed by atoms with Gasteiger partial charge in [-0.25, -0.2) is 0 Å². The maximum Gasteiger partial charge on any atom is 0.123 e. The number of ether oxygens (including phenoxy) is 1. The van der Waals surface area contributed by atoms with Crippen LogP contribution in [-0.2, 0) is 0 Å². The molecule has 98 valence electrons. The molecule has 1 aromatic carbocycles. The van der Waals surface area contributed by atoms with Crippen molar-refractivity contribution < 1.29 is 9.84 Å². The molecule has 0 saturated heterocycles. The van der Waals surface area contributed by atoms with Crippen LogP contribution in [0.3, 0.4) is 0 Å². The molecule has 4 nitrogen and oxygen atoms in total. The van der Waals surface area contributed by atoms with Crippen LogP contribution in [0.15, 0.2) is 23.8 Å². The Kier molecular flexibility index (Phi) is 3.89. The summed E-state index contributed by atoms with van der Waals surface area (Å²) in [7, 11) is 1.60. The topological polar surface area (TPSA) is 81.5 Å². The fourth-order valence-corrected chi connectivity index (χ4v) is 2.31. The first-order valence-corrected chi connectivity index (χ1v) is 6.20. The van der Waals surface area contributed by atoms with Crippen LogP contribution in [0.1, 0.15) is 24.8 Å². The van der Waals surface area contributed by atoms with E-state index in [1.54, 1.807) is 25.3 Å². The molecule has 18 heavy (non-hydrogen) atoms. The van der Waals surface area contributed by atoms with Gasteiger partial charge in [0.25, 0.3) is 0 Å². The molecule has 1 aliphatic rings. The highest BCUT2D eigenvalue weighted by Gasteiger charge is 2.22. The molecule has 0 amide bonds. The fraction of sp³-hybridized carbons (Fsp3) is 0.429. The highest BCUT2D eigenvalue weighted by Crippen LogP contribution is 2.29. The van der Waals surface area contributed by atoms with E-state index >= 15 is 0 Å². The lowest BCUT2D eigenvalue weighted by atomic mass is 9.86. The van der Waals surface area contributed by atoms with E-state index in [9.17, 15) is 5.11 Å². The number of phenolic OH excluding ortho intramolecular Hbond substituents is 1. The van der Waals surface area contributed by atoms with E-state index in [1.165, 1.54) is 0 Å². The molecular weight excluding hydrogens is 228 g/mol. The highest BCUT2D eigenvalue weighted by molar-refractivity contribution is 5.62. The van der Waals surface area contributed by atoms with Crippen molar-refractivity contribution in [2.75, 3.05) is 7.11 Å². The summed E-state index contributed by atoms with van der Waals surface area (Å²) in [6.45, 7) is 0. The molecule has 0 aromatic heterocycles. The van der Waals surface area contributed by atoms with Crippen LogP contribution in [-0.4, -0.2) is 24.3 Å². The minimum absolute atomic E-state index is 0.0118. The van der Waals surface area contributed by atoms with Gasteiger partial charge in [-0.3, -0.25) is 0 Å². The Morgan fingerprint density at radius 1 is 1.39 bits per heavy atom. The van der Waals surface area contributed by atoms with E-state index in [-0.39, 0.29) is 17.8 Å². The standard InChI is InChI=1S/C14H20N2O2/c1-18-11-5-6-13(17)10(8-11)7-9-3-2-4-12(15)14(9)16/h5-8,12,14,17H,2-4,15-16H2,1H3. The summed E-state index contributed by atoms with van der Waals surface area (Å²) in [6, 6.07) is 5.04. The molecule has 0 spiro atoms. The van der Waals surface area contributed by atoms with Crippen molar-refractivity contribution in [1.29, 1.82) is 0 Å². The molecule has 4 heteroatoms. The second-order valence-electron chi connectivity index (χ2n) is 4.73. The van der Waals surface area contributed by atoms with Crippen molar-refractivity contribution in [2.45, 2.75) is 31.3 Å². The van der Waals surface area contributed by atoms with Gasteiger partial charge in [0.1, 0.15) is 11.5 Å². The van der Waals surface area contributed by atoms with E-state index in [0.717, 1.165) is 30.4 Å². The molecule has 2 atom stereocenters. The van der Waals surface area contributed by atoms with Gasteiger partial charge in [0.15, 0.2) is 0 Å². The molecule has 1 aliphatic carbocycles. The minimum Gasteiger partial charge on any atom is -0.507 e. The molecule has 0 heterocycles. The van der Waals surface area contributed by atoms with Gasteiger partial charge in [-0.2, -0.15) is 0 Å². The molecule has 1 fully saturated rings. The Hall–Kier alpha value is -1.52. The van der Waals surface area contributed by atoms with Crippen molar-refractivity contribution in [3.8, 4) is 11.5 Å². The minimum atomic E-state index is -0.121. The number of benzene rings is 1. The molecule has 0 bridgehead atoms. The van der Waals surface area contributed by atoms with E-state index in [2.05, 4.69) is 0 Å². The molecule has 2 rings (SSSR count). The van der Waals surface area contributed by atoms with Crippen LogP contribution >= 0.6 is 0 Å². The summed E-state index contributed by atoms with van der Waals surface area (Å²) in [4.78, 5) is 0. The molecule has 1 aromatic rings. The van der Waals surface area contributed by atoms with Gasteiger partial charge in [-0.15, -0.1) is 0 Å². The van der Waals surface area contributed by atoms with Gasteiger partial charge in [-0.05, 0) is 37.5 Å². The molecule has 1 saturated carbocycles.